The molecule has 0 radical (unpaired) electrons. The summed E-state index contributed by atoms with van der Waals surface area (Å²) >= 11 is 0. The number of methoxy groups -OCH3 is 1. The Morgan fingerprint density at radius 1 is 1.20 bits per heavy atom. The average molecular weight is 556 g/mol. The smallest absolute Gasteiger partial charge is 0.247 e. The van der Waals surface area contributed by atoms with Crippen molar-refractivity contribution in [1.82, 2.24) is 29.6 Å². The number of rotatable bonds is 10. The van der Waals surface area contributed by atoms with Crippen molar-refractivity contribution in [1.29, 1.82) is 0 Å². The molecule has 1 aliphatic rings. The number of hydrogen-bond acceptors (Lipinski definition) is 10. The van der Waals surface area contributed by atoms with E-state index in [0.29, 0.717) is 61.7 Å². The van der Waals surface area contributed by atoms with Crippen LogP contribution in [0.2, 0.25) is 0 Å². The van der Waals surface area contributed by atoms with Crippen molar-refractivity contribution in [2.45, 2.75) is 6.54 Å². The first kappa shape index (κ1) is 27.7. The van der Waals surface area contributed by atoms with Crippen LogP contribution in [0.4, 0.5) is 23.0 Å². The molecule has 0 atom stereocenters. The fraction of sp³-hybridized carbons (Fsp3) is 0.276. The second-order valence-corrected chi connectivity index (χ2v) is 9.65. The molecule has 0 spiro atoms. The first-order chi connectivity index (χ1) is 19.9. The maximum absolute atomic E-state index is 12.3. The number of carbonyl (C=O) groups is 1. The van der Waals surface area contributed by atoms with Crippen LogP contribution in [0.5, 0.6) is 5.75 Å². The van der Waals surface area contributed by atoms with Gasteiger partial charge in [0.25, 0.3) is 0 Å². The summed E-state index contributed by atoms with van der Waals surface area (Å²) in [5.74, 6) is 1.18. The quantitative estimate of drug-likeness (QED) is 0.281. The molecule has 1 fully saturated rings. The molecule has 1 saturated heterocycles. The minimum absolute atomic E-state index is 0.314. The van der Waals surface area contributed by atoms with Crippen molar-refractivity contribution in [3.63, 3.8) is 0 Å². The molecule has 0 aliphatic carbocycles. The van der Waals surface area contributed by atoms with Crippen LogP contribution in [0, 0.1) is 0 Å². The van der Waals surface area contributed by atoms with Gasteiger partial charge in [-0.3, -0.25) is 9.78 Å². The Kier molecular flexibility index (Phi) is 8.51. The van der Waals surface area contributed by atoms with Gasteiger partial charge in [-0.05, 0) is 38.4 Å². The molecular formula is C29H33N9O3. The Bertz CT molecular complexity index is 1520. The number of nitrogens with zero attached hydrogens (tertiary/aromatic N) is 7. The molecular weight excluding hydrogens is 522 g/mol. The molecule has 1 aromatic carbocycles. The van der Waals surface area contributed by atoms with Crippen molar-refractivity contribution in [3.8, 4) is 22.8 Å². The second-order valence-electron chi connectivity index (χ2n) is 9.65. The number of hydrogen-bond donors (Lipinski definition) is 2. The van der Waals surface area contributed by atoms with E-state index >= 15 is 0 Å². The Hall–Kier alpha value is -4.81. The van der Waals surface area contributed by atoms with Gasteiger partial charge in [0.05, 0.1) is 43.1 Å². The molecule has 2 N–H and O–H groups in total. The fourth-order valence-electron chi connectivity index (χ4n) is 4.57. The lowest BCUT2D eigenvalue weighted by molar-refractivity contribution is -0.111. The molecule has 0 bridgehead atoms. The van der Waals surface area contributed by atoms with E-state index in [4.69, 9.17) is 19.6 Å². The first-order valence-electron chi connectivity index (χ1n) is 13.2. The number of morpholine rings is 1. The number of aromatic nitrogens is 5. The van der Waals surface area contributed by atoms with Crippen molar-refractivity contribution in [2.24, 2.45) is 0 Å². The zero-order valence-corrected chi connectivity index (χ0v) is 23.4. The highest BCUT2D eigenvalue weighted by atomic mass is 16.5. The highest BCUT2D eigenvalue weighted by molar-refractivity contribution is 6.02. The summed E-state index contributed by atoms with van der Waals surface area (Å²) in [5.41, 5.74) is 4.83. The van der Waals surface area contributed by atoms with Gasteiger partial charge >= 0.3 is 0 Å². The van der Waals surface area contributed by atoms with Gasteiger partial charge in [0.15, 0.2) is 5.82 Å². The molecule has 3 aromatic heterocycles. The van der Waals surface area contributed by atoms with E-state index in [0.717, 1.165) is 22.5 Å². The summed E-state index contributed by atoms with van der Waals surface area (Å²) < 4.78 is 13.0. The molecule has 41 heavy (non-hydrogen) atoms. The highest BCUT2D eigenvalue weighted by Gasteiger charge is 2.20. The number of pyridine rings is 1. The predicted molar refractivity (Wildman–Crippen MR) is 158 cm³/mol. The molecule has 4 aromatic rings. The summed E-state index contributed by atoms with van der Waals surface area (Å²) in [6.45, 7) is 6.87. The number of ether oxygens (including phenoxy) is 2. The summed E-state index contributed by atoms with van der Waals surface area (Å²) in [4.78, 5) is 29.9. The first-order valence-corrected chi connectivity index (χ1v) is 13.2. The Labute approximate surface area is 238 Å². The van der Waals surface area contributed by atoms with Crippen LogP contribution in [0.1, 0.15) is 5.56 Å². The predicted octanol–water partition coefficient (Wildman–Crippen LogP) is 3.50. The summed E-state index contributed by atoms with van der Waals surface area (Å²) in [6, 6.07) is 9.37. The zero-order valence-electron chi connectivity index (χ0n) is 23.4. The Balaban J connectivity index is 1.49. The van der Waals surface area contributed by atoms with E-state index < -0.39 is 0 Å². The van der Waals surface area contributed by atoms with Gasteiger partial charge < -0.3 is 29.9 Å². The minimum atomic E-state index is -0.314. The van der Waals surface area contributed by atoms with Gasteiger partial charge in [-0.15, -0.1) is 0 Å². The Morgan fingerprint density at radius 2 is 2.02 bits per heavy atom. The largest absolute Gasteiger partial charge is 0.494 e. The van der Waals surface area contributed by atoms with Gasteiger partial charge in [-0.25, -0.2) is 9.67 Å². The average Bonchev–Trinajstić information content (AvgIpc) is 3.41. The van der Waals surface area contributed by atoms with Crippen LogP contribution in [0.3, 0.4) is 0 Å². The van der Waals surface area contributed by atoms with Crippen molar-refractivity contribution >= 4 is 28.9 Å². The SMILES string of the molecule is C=CC(=O)Nc1cc(Nc2nccc(-n3cc(CN(C)C)c(-c4cccnc4)n3)n2)c(OC)cc1N1CCOCC1. The molecule has 1 amide bonds. The number of nitrogens with one attached hydrogen (secondary N) is 2. The summed E-state index contributed by atoms with van der Waals surface area (Å²) in [7, 11) is 5.62. The summed E-state index contributed by atoms with van der Waals surface area (Å²) in [5, 5.41) is 11.0. The zero-order chi connectivity index (χ0) is 28.8. The van der Waals surface area contributed by atoms with Gasteiger partial charge in [-0.2, -0.15) is 10.1 Å². The molecule has 212 valence electrons. The third-order valence-electron chi connectivity index (χ3n) is 6.45. The summed E-state index contributed by atoms with van der Waals surface area (Å²) in [6.07, 6.45) is 8.41. The molecule has 12 heteroatoms. The second kappa shape index (κ2) is 12.6. The number of amides is 1. The van der Waals surface area contributed by atoms with E-state index in [1.54, 1.807) is 36.4 Å². The molecule has 1 aliphatic heterocycles. The van der Waals surface area contributed by atoms with Crippen LogP contribution in [-0.2, 0) is 16.1 Å². The topological polar surface area (TPSA) is 123 Å². The van der Waals surface area contributed by atoms with Crippen molar-refractivity contribution in [3.05, 3.63) is 73.3 Å². The Morgan fingerprint density at radius 3 is 2.73 bits per heavy atom. The van der Waals surface area contributed by atoms with Gasteiger partial charge in [0, 0.05) is 67.7 Å². The fourth-order valence-corrected chi connectivity index (χ4v) is 4.57. The standard InChI is InChI=1S/C29H33N9O3/c1-5-27(39)32-22-15-23(25(40-4)16-24(22)37-11-13-41-14-12-37)33-29-31-10-8-26(34-29)38-19-21(18-36(2)3)28(35-38)20-7-6-9-30-17-20/h5-10,15-17,19H,1,11-14,18H2,2-4H3,(H,32,39)(H,31,33,34). The molecule has 0 unspecified atom stereocenters. The van der Waals surface area contributed by atoms with E-state index in [9.17, 15) is 4.79 Å². The lowest BCUT2D eigenvalue weighted by Gasteiger charge is -2.31. The van der Waals surface area contributed by atoms with Crippen molar-refractivity contribution in [2.75, 3.05) is 63.0 Å². The van der Waals surface area contributed by atoms with Crippen LogP contribution < -0.4 is 20.3 Å². The molecule has 12 nitrogen and oxygen atoms in total. The van der Waals surface area contributed by atoms with Crippen LogP contribution in [0.15, 0.2) is 67.8 Å². The molecule has 4 heterocycles. The van der Waals surface area contributed by atoms with Crippen LogP contribution in [0.25, 0.3) is 17.1 Å². The van der Waals surface area contributed by atoms with E-state index in [1.165, 1.54) is 6.08 Å². The molecule has 5 rings (SSSR count). The monoisotopic (exact) mass is 555 g/mol. The van der Waals surface area contributed by atoms with E-state index in [-0.39, 0.29) is 5.91 Å². The van der Waals surface area contributed by atoms with Gasteiger partial charge in [0.2, 0.25) is 11.9 Å². The maximum Gasteiger partial charge on any atom is 0.247 e. The normalized spacial score (nSPS) is 13.2. The highest BCUT2D eigenvalue weighted by Crippen LogP contribution is 2.38. The third kappa shape index (κ3) is 6.51. The van der Waals surface area contributed by atoms with E-state index in [2.05, 4.69) is 37.0 Å². The molecule has 0 saturated carbocycles. The van der Waals surface area contributed by atoms with Gasteiger partial charge in [-0.1, -0.05) is 6.58 Å². The third-order valence-corrected chi connectivity index (χ3v) is 6.45. The number of anilines is 4. The minimum Gasteiger partial charge on any atom is -0.494 e. The van der Waals surface area contributed by atoms with Crippen LogP contribution >= 0.6 is 0 Å². The van der Waals surface area contributed by atoms with Crippen molar-refractivity contribution < 1.29 is 14.3 Å². The number of carbonyl (C=O) groups excluding carboxylic acids is 1. The van der Waals surface area contributed by atoms with Crippen LogP contribution in [-0.4, -0.2) is 83.0 Å². The van der Waals surface area contributed by atoms with Gasteiger partial charge in [0.1, 0.15) is 5.75 Å². The lowest BCUT2D eigenvalue weighted by atomic mass is 10.1. The number of benzene rings is 1. The van der Waals surface area contributed by atoms with E-state index in [1.807, 2.05) is 44.6 Å². The maximum atomic E-state index is 12.3. The lowest BCUT2D eigenvalue weighted by Crippen LogP contribution is -2.36.